The van der Waals surface area contributed by atoms with E-state index in [-0.39, 0.29) is 0 Å². The van der Waals surface area contributed by atoms with Crippen LogP contribution in [0.1, 0.15) is 22.3 Å². The van der Waals surface area contributed by atoms with Crippen molar-refractivity contribution in [1.82, 2.24) is 0 Å². The van der Waals surface area contributed by atoms with Gasteiger partial charge in [0.15, 0.2) is 0 Å². The molecule has 5 aromatic rings. The number of rotatable bonds is 0. The van der Waals surface area contributed by atoms with Crippen molar-refractivity contribution in [3.63, 3.8) is 0 Å². The molecule has 0 aromatic heterocycles. The number of hydrogen-bond donors (Lipinski definition) is 0. The van der Waals surface area contributed by atoms with Crippen molar-refractivity contribution in [2.75, 3.05) is 52.9 Å². The lowest BCUT2D eigenvalue weighted by molar-refractivity contribution is 0.0764. The van der Waals surface area contributed by atoms with Crippen LogP contribution in [0.2, 0.25) is 0 Å². The maximum Gasteiger partial charge on any atom is 0.128 e. The predicted octanol–water partition coefficient (Wildman–Crippen LogP) is 8.26. The van der Waals surface area contributed by atoms with E-state index in [0.29, 0.717) is 98.6 Å². The van der Waals surface area contributed by atoms with Gasteiger partial charge in [-0.05, 0) is 60.7 Å². The summed E-state index contributed by atoms with van der Waals surface area (Å²) in [6.07, 6.45) is 7.10. The smallest absolute Gasteiger partial charge is 0.128 e. The van der Waals surface area contributed by atoms with Gasteiger partial charge in [-0.3, -0.25) is 20.0 Å². The molecule has 0 fully saturated rings. The lowest BCUT2D eigenvalue weighted by Gasteiger charge is -2.13. The number of aliphatic imine (C=N–C) groups is 4. The Labute approximate surface area is 302 Å². The highest BCUT2D eigenvalue weighted by Gasteiger charge is 2.12. The number of nitrogens with zero attached hydrogens (tertiary/aromatic N) is 4. The first-order valence-corrected chi connectivity index (χ1v) is 17.2. The topological polar surface area (TPSA) is 105 Å². The van der Waals surface area contributed by atoms with Crippen molar-refractivity contribution in [1.29, 1.82) is 0 Å². The molecule has 0 unspecified atom stereocenters. The highest BCUT2D eigenvalue weighted by molar-refractivity contribution is 5.94. The molecular weight excluding hydrogens is 656 g/mol. The standard InChI is InChI=1S/C42H38N4O6/c1-5-13-39-31(9-1)27-43-35-25-37(45-29-33-11-3-7-15-41(33)50-22-18-47-17-21-49-39)38-26-36(35)44-28-32-10-2-6-14-40(32)51-23-19-48-20-24-52-42-16-8-4-12-34(42)30-46-38/h1-16,25-30H,17-24H2. The van der Waals surface area contributed by atoms with Crippen LogP contribution in [0.25, 0.3) is 0 Å². The minimum atomic E-state index is 0.377. The molecule has 0 aliphatic carbocycles. The molecule has 5 aromatic carbocycles. The summed E-state index contributed by atoms with van der Waals surface area (Å²) in [4.78, 5) is 19.8. The van der Waals surface area contributed by atoms with Crippen molar-refractivity contribution >= 4 is 47.6 Å². The van der Waals surface area contributed by atoms with Crippen molar-refractivity contribution in [3.8, 4) is 23.0 Å². The summed E-state index contributed by atoms with van der Waals surface area (Å²) in [6, 6.07) is 34.7. The molecule has 52 heavy (non-hydrogen) atoms. The molecule has 4 bridgehead atoms. The van der Waals surface area contributed by atoms with Gasteiger partial charge in [-0.2, -0.15) is 0 Å². The zero-order valence-corrected chi connectivity index (χ0v) is 28.6. The third-order valence-electron chi connectivity index (χ3n) is 8.06. The minimum absolute atomic E-state index is 0.377. The van der Waals surface area contributed by atoms with Crippen molar-refractivity contribution in [2.24, 2.45) is 20.0 Å². The summed E-state index contributed by atoms with van der Waals surface area (Å²) in [5.74, 6) is 2.76. The van der Waals surface area contributed by atoms with E-state index in [1.165, 1.54) is 0 Å². The summed E-state index contributed by atoms with van der Waals surface area (Å²) in [6.45, 7) is 3.16. The van der Waals surface area contributed by atoms with E-state index in [2.05, 4.69) is 0 Å². The fraction of sp³-hybridized carbons (Fsp3) is 0.190. The Morgan fingerprint density at radius 1 is 0.308 bits per heavy atom. The van der Waals surface area contributed by atoms with Crippen LogP contribution in [0.5, 0.6) is 23.0 Å². The molecule has 0 spiro atoms. The monoisotopic (exact) mass is 694 g/mol. The number of para-hydroxylation sites is 4. The van der Waals surface area contributed by atoms with Gasteiger partial charge >= 0.3 is 0 Å². The molecule has 2 aliphatic rings. The predicted molar refractivity (Wildman–Crippen MR) is 205 cm³/mol. The summed E-state index contributed by atoms with van der Waals surface area (Å²) in [7, 11) is 0. The van der Waals surface area contributed by atoms with Gasteiger partial charge in [0.25, 0.3) is 0 Å². The van der Waals surface area contributed by atoms with E-state index >= 15 is 0 Å². The van der Waals surface area contributed by atoms with Crippen molar-refractivity contribution < 1.29 is 28.4 Å². The normalized spacial score (nSPS) is 15.2. The van der Waals surface area contributed by atoms with E-state index in [1.807, 2.05) is 109 Å². The van der Waals surface area contributed by atoms with E-state index in [1.54, 1.807) is 24.9 Å². The second kappa shape index (κ2) is 17.7. The zero-order chi connectivity index (χ0) is 35.2. The number of fused-ring (bicyclic) bond motifs is 10. The lowest BCUT2D eigenvalue weighted by atomic mass is 10.1. The van der Waals surface area contributed by atoms with Crippen LogP contribution < -0.4 is 18.9 Å². The number of benzene rings is 5. The van der Waals surface area contributed by atoms with Gasteiger partial charge in [-0.25, -0.2) is 0 Å². The van der Waals surface area contributed by atoms with Crippen LogP contribution in [-0.2, 0) is 9.47 Å². The molecule has 0 saturated carbocycles. The maximum atomic E-state index is 6.09. The van der Waals surface area contributed by atoms with Crippen molar-refractivity contribution in [3.05, 3.63) is 131 Å². The summed E-state index contributed by atoms with van der Waals surface area (Å²) in [5, 5.41) is 0. The average molecular weight is 695 g/mol. The molecule has 2 heterocycles. The molecule has 0 amide bonds. The quantitative estimate of drug-likeness (QED) is 0.162. The molecule has 0 N–H and O–H groups in total. The van der Waals surface area contributed by atoms with E-state index in [4.69, 9.17) is 48.4 Å². The molecule has 2 aliphatic heterocycles. The Morgan fingerprint density at radius 2 is 0.558 bits per heavy atom. The fourth-order valence-electron chi connectivity index (χ4n) is 5.45. The van der Waals surface area contributed by atoms with Crippen LogP contribution >= 0.6 is 0 Å². The molecular formula is C42H38N4O6. The van der Waals surface area contributed by atoms with Gasteiger partial charge in [-0.15, -0.1) is 0 Å². The SMILES string of the molecule is C1=Nc2cc(c3cc2N=Cc2ccccc2OCCOCCOc2ccccc2C=N3)N=Cc2ccccc2OCCOCCOc2ccccc21. The molecule has 0 atom stereocenters. The first-order valence-electron chi connectivity index (χ1n) is 17.2. The third kappa shape index (κ3) is 9.16. The van der Waals surface area contributed by atoms with Crippen LogP contribution in [-0.4, -0.2) is 77.7 Å². The number of ether oxygens (including phenoxy) is 6. The first kappa shape index (κ1) is 34.4. The minimum Gasteiger partial charge on any atom is -0.491 e. The maximum absolute atomic E-state index is 6.09. The van der Waals surface area contributed by atoms with Gasteiger partial charge in [0.05, 0.1) is 49.2 Å². The zero-order valence-electron chi connectivity index (χ0n) is 28.6. The lowest BCUT2D eigenvalue weighted by Crippen LogP contribution is -2.13. The first-order chi connectivity index (χ1) is 25.8. The molecule has 262 valence electrons. The van der Waals surface area contributed by atoms with Crippen LogP contribution in [0.15, 0.2) is 129 Å². The second-order valence-electron chi connectivity index (χ2n) is 11.6. The van der Waals surface area contributed by atoms with Crippen molar-refractivity contribution in [2.45, 2.75) is 0 Å². The van der Waals surface area contributed by atoms with Gasteiger partial charge in [-0.1, -0.05) is 48.5 Å². The van der Waals surface area contributed by atoms with E-state index < -0.39 is 0 Å². The van der Waals surface area contributed by atoms with Gasteiger partial charge in [0, 0.05) is 47.1 Å². The molecule has 0 radical (unpaired) electrons. The highest BCUT2D eigenvalue weighted by atomic mass is 16.6. The largest absolute Gasteiger partial charge is 0.491 e. The summed E-state index contributed by atoms with van der Waals surface area (Å²) in [5.41, 5.74) is 5.55. The Hall–Kier alpha value is -6.10. The van der Waals surface area contributed by atoms with E-state index in [9.17, 15) is 0 Å². The molecule has 10 heteroatoms. The fourth-order valence-corrected chi connectivity index (χ4v) is 5.45. The average Bonchev–Trinajstić information content (AvgIpc) is 3.18. The van der Waals surface area contributed by atoms with Crippen LogP contribution in [0.4, 0.5) is 22.7 Å². The molecule has 7 rings (SSSR count). The van der Waals surface area contributed by atoms with Gasteiger partial charge < -0.3 is 28.4 Å². The van der Waals surface area contributed by atoms with E-state index in [0.717, 1.165) is 22.3 Å². The second-order valence-corrected chi connectivity index (χ2v) is 11.6. The Bertz CT molecular complexity index is 1800. The summed E-state index contributed by atoms with van der Waals surface area (Å²) >= 11 is 0. The Morgan fingerprint density at radius 3 is 0.827 bits per heavy atom. The Kier molecular flexibility index (Phi) is 11.7. The molecule has 10 nitrogen and oxygen atoms in total. The number of hydrogen-bond acceptors (Lipinski definition) is 10. The highest BCUT2D eigenvalue weighted by Crippen LogP contribution is 2.41. The Balaban J connectivity index is 1.39. The van der Waals surface area contributed by atoms with Gasteiger partial charge in [0.2, 0.25) is 0 Å². The van der Waals surface area contributed by atoms with Crippen LogP contribution in [0.3, 0.4) is 0 Å². The van der Waals surface area contributed by atoms with Crippen LogP contribution in [0, 0.1) is 0 Å². The van der Waals surface area contributed by atoms with Gasteiger partial charge in [0.1, 0.15) is 49.4 Å². The summed E-state index contributed by atoms with van der Waals surface area (Å²) < 4.78 is 35.9. The third-order valence-corrected chi connectivity index (χ3v) is 8.06. The molecule has 0 saturated heterocycles.